The van der Waals surface area contributed by atoms with E-state index >= 15 is 0 Å². The molecule has 6 heteroatoms. The number of aromatic amines is 1. The van der Waals surface area contributed by atoms with Crippen molar-refractivity contribution in [3.8, 4) is 10.4 Å². The predicted molar refractivity (Wildman–Crippen MR) is 116 cm³/mol. The average molecular weight is 396 g/mol. The van der Waals surface area contributed by atoms with E-state index in [1.165, 1.54) is 16.9 Å². The van der Waals surface area contributed by atoms with E-state index in [2.05, 4.69) is 41.5 Å². The van der Waals surface area contributed by atoms with E-state index in [-0.39, 0.29) is 11.6 Å². The normalized spacial score (nSPS) is 12.4. The summed E-state index contributed by atoms with van der Waals surface area (Å²) in [5, 5.41) is 8.15. The molecule has 4 rings (SSSR count). The second-order valence-corrected chi connectivity index (χ2v) is 8.38. The molecule has 4 nitrogen and oxygen atoms in total. The predicted octanol–water partition coefficient (Wildman–Crippen LogP) is 5.84. The SMILES string of the molecule is CCCc1ccc(N[C@H](C)c2nc3scc(-c4cccs4)c3c(=O)[nH]2)cc1. The first-order chi connectivity index (χ1) is 13.2. The molecular weight excluding hydrogens is 374 g/mol. The average Bonchev–Trinajstić information content (AvgIpc) is 3.32. The summed E-state index contributed by atoms with van der Waals surface area (Å²) in [5.74, 6) is 0.657. The smallest absolute Gasteiger partial charge is 0.260 e. The Hall–Kier alpha value is -2.44. The first kappa shape index (κ1) is 17.9. The number of thiophene rings is 2. The molecule has 0 unspecified atom stereocenters. The maximum atomic E-state index is 12.7. The summed E-state index contributed by atoms with van der Waals surface area (Å²) >= 11 is 3.15. The topological polar surface area (TPSA) is 57.8 Å². The number of benzene rings is 1. The van der Waals surface area contributed by atoms with Crippen molar-refractivity contribution in [2.75, 3.05) is 5.32 Å². The fourth-order valence-corrected chi connectivity index (χ4v) is 4.93. The third-order valence-electron chi connectivity index (χ3n) is 4.53. The van der Waals surface area contributed by atoms with Crippen LogP contribution in [0.5, 0.6) is 0 Å². The number of hydrogen-bond donors (Lipinski definition) is 2. The van der Waals surface area contributed by atoms with Gasteiger partial charge in [0.25, 0.3) is 5.56 Å². The Morgan fingerprint density at radius 2 is 2.00 bits per heavy atom. The number of nitrogens with one attached hydrogen (secondary N) is 2. The molecular formula is C21H21N3OS2. The first-order valence-corrected chi connectivity index (χ1v) is 10.8. The van der Waals surface area contributed by atoms with Crippen LogP contribution in [0.15, 0.2) is 52.0 Å². The van der Waals surface area contributed by atoms with Crippen LogP contribution in [0.25, 0.3) is 20.7 Å². The van der Waals surface area contributed by atoms with E-state index in [9.17, 15) is 4.79 Å². The zero-order valence-corrected chi connectivity index (χ0v) is 16.9. The third-order valence-corrected chi connectivity index (χ3v) is 6.31. The van der Waals surface area contributed by atoms with Gasteiger partial charge in [0.1, 0.15) is 10.7 Å². The molecule has 0 aliphatic carbocycles. The standard InChI is InChI=1S/C21H21N3OS2/c1-3-5-14-7-9-15(10-8-14)22-13(2)19-23-20(25)18-16(12-27-21(18)24-19)17-6-4-11-26-17/h4,6-13,22H,3,5H2,1-2H3,(H,23,24,25)/t13-/m1/s1. The van der Waals surface area contributed by atoms with Gasteiger partial charge in [-0.25, -0.2) is 4.98 Å². The van der Waals surface area contributed by atoms with Crippen LogP contribution in [0, 0.1) is 0 Å². The number of aromatic nitrogens is 2. The van der Waals surface area contributed by atoms with Crippen molar-refractivity contribution in [3.63, 3.8) is 0 Å². The van der Waals surface area contributed by atoms with Crippen LogP contribution in [0.2, 0.25) is 0 Å². The van der Waals surface area contributed by atoms with E-state index in [1.807, 2.05) is 29.8 Å². The highest BCUT2D eigenvalue weighted by atomic mass is 32.1. The largest absolute Gasteiger partial charge is 0.375 e. The minimum Gasteiger partial charge on any atom is -0.375 e. The summed E-state index contributed by atoms with van der Waals surface area (Å²) < 4.78 is 0. The van der Waals surface area contributed by atoms with Gasteiger partial charge in [-0.1, -0.05) is 31.5 Å². The van der Waals surface area contributed by atoms with Gasteiger partial charge in [0.2, 0.25) is 0 Å². The Labute approximate surface area is 165 Å². The number of H-pyrrole nitrogens is 1. The summed E-state index contributed by atoms with van der Waals surface area (Å²) in [7, 11) is 0. The van der Waals surface area contributed by atoms with Crippen molar-refractivity contribution < 1.29 is 0 Å². The molecule has 0 bridgehead atoms. The van der Waals surface area contributed by atoms with Crippen molar-refractivity contribution in [1.29, 1.82) is 0 Å². The molecule has 138 valence electrons. The quantitative estimate of drug-likeness (QED) is 0.431. The number of nitrogens with zero attached hydrogens (tertiary/aromatic N) is 1. The molecule has 0 aliphatic heterocycles. The second kappa shape index (κ2) is 7.66. The number of aryl methyl sites for hydroxylation is 1. The van der Waals surface area contributed by atoms with Crippen LogP contribution >= 0.6 is 22.7 Å². The van der Waals surface area contributed by atoms with Crippen LogP contribution in [0.1, 0.15) is 37.7 Å². The maximum absolute atomic E-state index is 12.7. The molecule has 0 saturated carbocycles. The van der Waals surface area contributed by atoms with E-state index in [0.717, 1.165) is 33.8 Å². The van der Waals surface area contributed by atoms with Gasteiger partial charge in [0.05, 0.1) is 11.4 Å². The fraction of sp³-hybridized carbons (Fsp3) is 0.238. The monoisotopic (exact) mass is 395 g/mol. The lowest BCUT2D eigenvalue weighted by molar-refractivity contribution is 0.792. The Morgan fingerprint density at radius 1 is 1.19 bits per heavy atom. The lowest BCUT2D eigenvalue weighted by atomic mass is 10.1. The van der Waals surface area contributed by atoms with Gasteiger partial charge in [-0.15, -0.1) is 22.7 Å². The molecule has 0 amide bonds. The van der Waals surface area contributed by atoms with E-state index in [4.69, 9.17) is 4.98 Å². The van der Waals surface area contributed by atoms with E-state index in [0.29, 0.717) is 11.2 Å². The summed E-state index contributed by atoms with van der Waals surface area (Å²) in [6.45, 7) is 4.19. The molecule has 27 heavy (non-hydrogen) atoms. The van der Waals surface area contributed by atoms with Crippen molar-refractivity contribution in [2.45, 2.75) is 32.7 Å². The van der Waals surface area contributed by atoms with Gasteiger partial charge in [-0.2, -0.15) is 0 Å². The highest BCUT2D eigenvalue weighted by Gasteiger charge is 2.16. The van der Waals surface area contributed by atoms with Crippen LogP contribution in [-0.2, 0) is 6.42 Å². The molecule has 1 atom stereocenters. The van der Waals surface area contributed by atoms with Gasteiger partial charge < -0.3 is 10.3 Å². The van der Waals surface area contributed by atoms with Crippen LogP contribution in [0.4, 0.5) is 5.69 Å². The number of hydrogen-bond acceptors (Lipinski definition) is 5. The minimum atomic E-state index is -0.0913. The lowest BCUT2D eigenvalue weighted by Gasteiger charge is -2.15. The lowest BCUT2D eigenvalue weighted by Crippen LogP contribution is -2.17. The van der Waals surface area contributed by atoms with E-state index in [1.54, 1.807) is 11.3 Å². The van der Waals surface area contributed by atoms with Crippen LogP contribution in [-0.4, -0.2) is 9.97 Å². The molecule has 3 heterocycles. The molecule has 0 fully saturated rings. The molecule has 3 aromatic heterocycles. The highest BCUT2D eigenvalue weighted by molar-refractivity contribution is 7.18. The van der Waals surface area contributed by atoms with Gasteiger partial charge in [0, 0.05) is 21.5 Å². The second-order valence-electron chi connectivity index (χ2n) is 6.57. The maximum Gasteiger partial charge on any atom is 0.260 e. The molecule has 0 spiro atoms. The van der Waals surface area contributed by atoms with Crippen molar-refractivity contribution >= 4 is 38.6 Å². The van der Waals surface area contributed by atoms with Crippen molar-refractivity contribution in [1.82, 2.24) is 9.97 Å². The van der Waals surface area contributed by atoms with Crippen LogP contribution < -0.4 is 10.9 Å². The molecule has 1 aromatic carbocycles. The molecule has 4 aromatic rings. The summed E-state index contributed by atoms with van der Waals surface area (Å²) in [6.07, 6.45) is 2.23. The molecule has 0 saturated heterocycles. The van der Waals surface area contributed by atoms with Gasteiger partial charge in [0.15, 0.2) is 0 Å². The third kappa shape index (κ3) is 3.68. The van der Waals surface area contributed by atoms with Crippen molar-refractivity contribution in [2.24, 2.45) is 0 Å². The molecule has 0 aliphatic rings. The summed E-state index contributed by atoms with van der Waals surface area (Å²) in [4.78, 5) is 22.3. The fourth-order valence-electron chi connectivity index (χ4n) is 3.16. The number of anilines is 1. The number of rotatable bonds is 6. The molecule has 0 radical (unpaired) electrons. The number of fused-ring (bicyclic) bond motifs is 1. The molecule has 2 N–H and O–H groups in total. The van der Waals surface area contributed by atoms with Gasteiger partial charge >= 0.3 is 0 Å². The Bertz CT molecular complexity index is 1090. The van der Waals surface area contributed by atoms with Gasteiger partial charge in [-0.3, -0.25) is 4.79 Å². The zero-order chi connectivity index (χ0) is 18.8. The summed E-state index contributed by atoms with van der Waals surface area (Å²) in [6, 6.07) is 12.4. The minimum absolute atomic E-state index is 0.0772. The Morgan fingerprint density at radius 3 is 2.70 bits per heavy atom. The Kier molecular flexibility index (Phi) is 5.09. The Balaban J connectivity index is 1.61. The highest BCUT2D eigenvalue weighted by Crippen LogP contribution is 2.33. The first-order valence-electron chi connectivity index (χ1n) is 9.06. The summed E-state index contributed by atoms with van der Waals surface area (Å²) in [5.41, 5.74) is 3.25. The zero-order valence-electron chi connectivity index (χ0n) is 15.3. The van der Waals surface area contributed by atoms with E-state index < -0.39 is 0 Å². The van der Waals surface area contributed by atoms with Crippen LogP contribution in [0.3, 0.4) is 0 Å². The van der Waals surface area contributed by atoms with Gasteiger partial charge in [-0.05, 0) is 42.5 Å². The van der Waals surface area contributed by atoms with Crippen molar-refractivity contribution in [3.05, 3.63) is 68.9 Å².